The molecular formula is C12H11NOS. The Morgan fingerprint density at radius 2 is 2.13 bits per heavy atom. The van der Waals surface area contributed by atoms with Gasteiger partial charge in [-0.2, -0.15) is 0 Å². The Kier molecular flexibility index (Phi) is 1.92. The lowest BCUT2D eigenvalue weighted by atomic mass is 10.2. The van der Waals surface area contributed by atoms with Crippen molar-refractivity contribution in [2.45, 2.75) is 13.5 Å². The highest BCUT2D eigenvalue weighted by Gasteiger charge is 2.16. The molecule has 0 fully saturated rings. The maximum Gasteiger partial charge on any atom is 0.150 e. The number of aryl methyl sites for hydroxylation is 1. The lowest BCUT2D eigenvalue weighted by molar-refractivity contribution is 0.486. The van der Waals surface area contributed by atoms with Crippen molar-refractivity contribution < 1.29 is 4.74 Å². The van der Waals surface area contributed by atoms with Gasteiger partial charge in [0.25, 0.3) is 0 Å². The number of ether oxygens (including phenoxy) is 1. The Labute approximate surface area is 92.5 Å². The highest BCUT2D eigenvalue weighted by atomic mass is 32.1. The van der Waals surface area contributed by atoms with Gasteiger partial charge in [-0.25, -0.2) is 0 Å². The Morgan fingerprint density at radius 1 is 1.27 bits per heavy atom. The van der Waals surface area contributed by atoms with E-state index in [0.29, 0.717) is 0 Å². The van der Waals surface area contributed by atoms with Crippen LogP contribution < -0.4 is 10.1 Å². The van der Waals surface area contributed by atoms with Gasteiger partial charge in [0.2, 0.25) is 0 Å². The summed E-state index contributed by atoms with van der Waals surface area (Å²) in [6.45, 7) is 2.98. The van der Waals surface area contributed by atoms with Crippen LogP contribution in [0.3, 0.4) is 0 Å². The number of nitrogens with one attached hydrogen (secondary N) is 1. The summed E-state index contributed by atoms with van der Waals surface area (Å²) in [5, 5.41) is 5.47. The zero-order chi connectivity index (χ0) is 10.3. The van der Waals surface area contributed by atoms with Crippen LogP contribution in [0.15, 0.2) is 29.6 Å². The van der Waals surface area contributed by atoms with E-state index in [9.17, 15) is 0 Å². The maximum atomic E-state index is 5.87. The van der Waals surface area contributed by atoms with E-state index in [1.807, 2.05) is 24.3 Å². The number of thiophene rings is 1. The van der Waals surface area contributed by atoms with Gasteiger partial charge in [-0.05, 0) is 19.1 Å². The molecule has 1 aliphatic rings. The molecule has 1 aromatic carbocycles. The molecule has 2 aromatic rings. The minimum absolute atomic E-state index is 0.849. The van der Waals surface area contributed by atoms with E-state index in [1.54, 1.807) is 11.3 Å². The van der Waals surface area contributed by atoms with Gasteiger partial charge in [0.05, 0.1) is 5.69 Å². The molecule has 15 heavy (non-hydrogen) atoms. The van der Waals surface area contributed by atoms with Crippen molar-refractivity contribution in [1.82, 2.24) is 0 Å². The van der Waals surface area contributed by atoms with Gasteiger partial charge >= 0.3 is 0 Å². The SMILES string of the molecule is Cc1scc2c1CNc1ccccc1O2. The zero-order valence-electron chi connectivity index (χ0n) is 8.41. The van der Waals surface area contributed by atoms with E-state index in [0.717, 1.165) is 23.7 Å². The quantitative estimate of drug-likeness (QED) is 0.725. The Morgan fingerprint density at radius 3 is 3.07 bits per heavy atom. The van der Waals surface area contributed by atoms with Crippen molar-refractivity contribution in [3.05, 3.63) is 40.1 Å². The number of rotatable bonds is 0. The molecule has 76 valence electrons. The molecule has 0 aliphatic carbocycles. The molecule has 1 aliphatic heterocycles. The van der Waals surface area contributed by atoms with E-state index in [2.05, 4.69) is 17.6 Å². The smallest absolute Gasteiger partial charge is 0.150 e. The van der Waals surface area contributed by atoms with Crippen LogP contribution in [-0.4, -0.2) is 0 Å². The first kappa shape index (κ1) is 8.80. The lowest BCUT2D eigenvalue weighted by Crippen LogP contribution is -1.96. The molecular weight excluding hydrogens is 206 g/mol. The van der Waals surface area contributed by atoms with E-state index < -0.39 is 0 Å². The zero-order valence-corrected chi connectivity index (χ0v) is 9.23. The fourth-order valence-electron chi connectivity index (χ4n) is 1.76. The predicted molar refractivity (Wildman–Crippen MR) is 62.9 cm³/mol. The van der Waals surface area contributed by atoms with Gasteiger partial charge in [0, 0.05) is 22.4 Å². The maximum absolute atomic E-state index is 5.87. The van der Waals surface area contributed by atoms with Gasteiger partial charge in [-0.3, -0.25) is 0 Å². The molecule has 0 atom stereocenters. The Bertz CT molecular complexity index is 504. The van der Waals surface area contributed by atoms with Gasteiger partial charge in [-0.1, -0.05) is 12.1 Å². The van der Waals surface area contributed by atoms with Gasteiger partial charge in [0.1, 0.15) is 5.75 Å². The van der Waals surface area contributed by atoms with Crippen LogP contribution in [0.1, 0.15) is 10.4 Å². The van der Waals surface area contributed by atoms with E-state index in [4.69, 9.17) is 4.74 Å². The highest BCUT2D eigenvalue weighted by molar-refractivity contribution is 7.10. The molecule has 2 heterocycles. The van der Waals surface area contributed by atoms with Crippen LogP contribution in [0.2, 0.25) is 0 Å². The second-order valence-electron chi connectivity index (χ2n) is 3.59. The number of para-hydroxylation sites is 2. The van der Waals surface area contributed by atoms with Crippen molar-refractivity contribution in [2.75, 3.05) is 5.32 Å². The number of anilines is 1. The molecule has 0 saturated carbocycles. The van der Waals surface area contributed by atoms with Crippen molar-refractivity contribution in [2.24, 2.45) is 0 Å². The number of benzene rings is 1. The fourth-order valence-corrected chi connectivity index (χ4v) is 2.55. The average molecular weight is 217 g/mol. The Balaban J connectivity index is 2.10. The summed E-state index contributed by atoms with van der Waals surface area (Å²) in [7, 11) is 0. The number of fused-ring (bicyclic) bond motifs is 2. The first-order valence-corrected chi connectivity index (χ1v) is 5.80. The molecule has 0 unspecified atom stereocenters. The number of hydrogen-bond donors (Lipinski definition) is 1. The summed E-state index contributed by atoms with van der Waals surface area (Å²) in [4.78, 5) is 1.32. The first-order valence-electron chi connectivity index (χ1n) is 4.92. The summed E-state index contributed by atoms with van der Waals surface area (Å²) in [6.07, 6.45) is 0. The predicted octanol–water partition coefficient (Wildman–Crippen LogP) is 3.77. The van der Waals surface area contributed by atoms with Crippen LogP contribution in [0.25, 0.3) is 0 Å². The monoisotopic (exact) mass is 217 g/mol. The molecule has 1 N–H and O–H groups in total. The molecule has 2 nitrogen and oxygen atoms in total. The van der Waals surface area contributed by atoms with E-state index in [-0.39, 0.29) is 0 Å². The van der Waals surface area contributed by atoms with Crippen molar-refractivity contribution in [3.63, 3.8) is 0 Å². The van der Waals surface area contributed by atoms with Crippen LogP contribution in [0, 0.1) is 6.92 Å². The molecule has 0 bridgehead atoms. The van der Waals surface area contributed by atoms with Crippen molar-refractivity contribution in [1.29, 1.82) is 0 Å². The minimum atomic E-state index is 0.849. The summed E-state index contributed by atoms with van der Waals surface area (Å²) >= 11 is 1.74. The standard InChI is InChI=1S/C12H11NOS/c1-8-9-6-13-10-4-2-3-5-11(10)14-12(9)7-15-8/h2-5,7,13H,6H2,1H3. The van der Waals surface area contributed by atoms with Crippen LogP contribution in [0.4, 0.5) is 5.69 Å². The third-order valence-electron chi connectivity index (χ3n) is 2.63. The third kappa shape index (κ3) is 1.39. The second-order valence-corrected chi connectivity index (χ2v) is 4.67. The molecule has 0 spiro atoms. The number of hydrogen-bond acceptors (Lipinski definition) is 3. The van der Waals surface area contributed by atoms with E-state index in [1.165, 1.54) is 10.4 Å². The average Bonchev–Trinajstić information content (AvgIpc) is 2.51. The van der Waals surface area contributed by atoms with E-state index >= 15 is 0 Å². The summed E-state index contributed by atoms with van der Waals surface area (Å²) in [5.74, 6) is 1.91. The molecule has 0 amide bonds. The fraction of sp³-hybridized carbons (Fsp3) is 0.167. The first-order chi connectivity index (χ1) is 7.34. The normalized spacial score (nSPS) is 13.1. The second kappa shape index (κ2) is 3.28. The summed E-state index contributed by atoms with van der Waals surface area (Å²) < 4.78 is 5.87. The van der Waals surface area contributed by atoms with Crippen LogP contribution in [0.5, 0.6) is 11.5 Å². The lowest BCUT2D eigenvalue weighted by Gasteiger charge is -2.05. The van der Waals surface area contributed by atoms with Gasteiger partial charge < -0.3 is 10.1 Å². The van der Waals surface area contributed by atoms with Crippen LogP contribution >= 0.6 is 11.3 Å². The topological polar surface area (TPSA) is 21.3 Å². The minimum Gasteiger partial charge on any atom is -0.454 e. The highest BCUT2D eigenvalue weighted by Crippen LogP contribution is 2.39. The largest absolute Gasteiger partial charge is 0.454 e. The molecule has 1 aromatic heterocycles. The molecule has 0 saturated heterocycles. The molecule has 3 rings (SSSR count). The van der Waals surface area contributed by atoms with Crippen LogP contribution in [-0.2, 0) is 6.54 Å². The molecule has 0 radical (unpaired) electrons. The summed E-state index contributed by atoms with van der Waals surface area (Å²) in [6, 6.07) is 8.04. The van der Waals surface area contributed by atoms with Gasteiger partial charge in [0.15, 0.2) is 5.75 Å². The Hall–Kier alpha value is -1.48. The van der Waals surface area contributed by atoms with Gasteiger partial charge in [-0.15, -0.1) is 11.3 Å². The van der Waals surface area contributed by atoms with Crippen molar-refractivity contribution in [3.8, 4) is 11.5 Å². The third-order valence-corrected chi connectivity index (χ3v) is 3.56. The molecule has 3 heteroatoms. The van der Waals surface area contributed by atoms with Crippen molar-refractivity contribution >= 4 is 17.0 Å². The summed E-state index contributed by atoms with van der Waals surface area (Å²) in [5.41, 5.74) is 2.34.